The van der Waals surface area contributed by atoms with Gasteiger partial charge in [-0.05, 0) is 37.1 Å². The van der Waals surface area contributed by atoms with E-state index in [0.29, 0.717) is 5.76 Å². The normalized spacial score (nSPS) is 10.3. The lowest BCUT2D eigenvalue weighted by molar-refractivity contribution is 0.0921. The molecule has 1 heterocycles. The number of nitrogen functional groups attached to an aromatic ring is 1. The van der Waals surface area contributed by atoms with Crippen LogP contribution >= 0.6 is 0 Å². The molecule has 0 radical (unpaired) electrons. The van der Waals surface area contributed by atoms with Gasteiger partial charge in [0, 0.05) is 5.56 Å². The first-order valence-electron chi connectivity index (χ1n) is 6.46. The van der Waals surface area contributed by atoms with Gasteiger partial charge in [0.05, 0.1) is 0 Å². The largest absolute Gasteiger partial charge is 0.486 e. The Hall–Kier alpha value is -2.27. The molecule has 5 nitrogen and oxygen atoms in total. The van der Waals surface area contributed by atoms with Crippen LogP contribution in [0.5, 0.6) is 5.75 Å². The SMILES string of the molecule is CCc1cccc(OCc2cc(C)c(C(=O)NN)o2)c1. The van der Waals surface area contributed by atoms with Crippen LogP contribution in [0.1, 0.15) is 34.4 Å². The Balaban J connectivity index is 2.05. The van der Waals surface area contributed by atoms with Gasteiger partial charge in [-0.1, -0.05) is 19.1 Å². The van der Waals surface area contributed by atoms with Crippen molar-refractivity contribution >= 4 is 5.91 Å². The Morgan fingerprint density at radius 3 is 2.90 bits per heavy atom. The van der Waals surface area contributed by atoms with Crippen LogP contribution < -0.4 is 16.0 Å². The van der Waals surface area contributed by atoms with Gasteiger partial charge >= 0.3 is 5.91 Å². The van der Waals surface area contributed by atoms with Crippen LogP contribution in [0.25, 0.3) is 0 Å². The zero-order valence-corrected chi connectivity index (χ0v) is 11.6. The van der Waals surface area contributed by atoms with Gasteiger partial charge in [-0.15, -0.1) is 0 Å². The van der Waals surface area contributed by atoms with E-state index < -0.39 is 5.91 Å². The van der Waals surface area contributed by atoms with Crippen LogP contribution in [0, 0.1) is 6.92 Å². The van der Waals surface area contributed by atoms with Gasteiger partial charge in [0.2, 0.25) is 0 Å². The molecule has 5 heteroatoms. The van der Waals surface area contributed by atoms with Crippen LogP contribution in [0.4, 0.5) is 0 Å². The summed E-state index contributed by atoms with van der Waals surface area (Å²) in [5.74, 6) is 6.23. The Morgan fingerprint density at radius 2 is 2.20 bits per heavy atom. The smallest absolute Gasteiger partial charge is 0.301 e. The molecular formula is C15H18N2O3. The topological polar surface area (TPSA) is 77.5 Å². The fraction of sp³-hybridized carbons (Fsp3) is 0.267. The quantitative estimate of drug-likeness (QED) is 0.498. The van der Waals surface area contributed by atoms with Gasteiger partial charge in [-0.2, -0.15) is 0 Å². The van der Waals surface area contributed by atoms with Gasteiger partial charge in [0.15, 0.2) is 5.76 Å². The third kappa shape index (κ3) is 3.19. The summed E-state index contributed by atoms with van der Waals surface area (Å²) >= 11 is 0. The molecule has 0 unspecified atom stereocenters. The minimum atomic E-state index is -0.443. The highest BCUT2D eigenvalue weighted by atomic mass is 16.5. The third-order valence-electron chi connectivity index (χ3n) is 2.99. The lowest BCUT2D eigenvalue weighted by atomic mass is 10.2. The lowest BCUT2D eigenvalue weighted by Crippen LogP contribution is -2.30. The summed E-state index contributed by atoms with van der Waals surface area (Å²) in [6.07, 6.45) is 0.956. The fourth-order valence-electron chi connectivity index (χ4n) is 1.92. The Kier molecular flexibility index (Phi) is 4.42. The van der Waals surface area contributed by atoms with Crippen molar-refractivity contribution in [3.63, 3.8) is 0 Å². The number of hydrazine groups is 1. The van der Waals surface area contributed by atoms with E-state index in [9.17, 15) is 4.79 Å². The first kappa shape index (κ1) is 14.1. The monoisotopic (exact) mass is 274 g/mol. The molecule has 0 spiro atoms. The summed E-state index contributed by atoms with van der Waals surface area (Å²) in [5, 5.41) is 0. The van der Waals surface area contributed by atoms with Crippen LogP contribution in [-0.4, -0.2) is 5.91 Å². The number of carbonyl (C=O) groups is 1. The number of furan rings is 1. The first-order chi connectivity index (χ1) is 9.63. The predicted octanol–water partition coefficient (Wildman–Crippen LogP) is 2.33. The molecule has 0 fully saturated rings. The van der Waals surface area contributed by atoms with Gasteiger partial charge in [-0.25, -0.2) is 5.84 Å². The molecule has 106 valence electrons. The molecule has 20 heavy (non-hydrogen) atoms. The maximum atomic E-state index is 11.4. The summed E-state index contributed by atoms with van der Waals surface area (Å²) in [6.45, 7) is 4.15. The van der Waals surface area contributed by atoms with Crippen molar-refractivity contribution in [3.8, 4) is 5.75 Å². The van der Waals surface area contributed by atoms with E-state index in [-0.39, 0.29) is 12.4 Å². The number of benzene rings is 1. The number of amides is 1. The summed E-state index contributed by atoms with van der Waals surface area (Å²) in [5.41, 5.74) is 3.99. The van der Waals surface area contributed by atoms with Crippen LogP contribution in [-0.2, 0) is 13.0 Å². The standard InChI is InChI=1S/C15H18N2O3/c1-3-11-5-4-6-12(8-11)19-9-13-7-10(2)14(20-13)15(18)17-16/h4-8H,3,9,16H2,1-2H3,(H,17,18). The number of aryl methyl sites for hydroxylation is 2. The summed E-state index contributed by atoms with van der Waals surface area (Å²) in [6, 6.07) is 9.66. The highest BCUT2D eigenvalue weighted by molar-refractivity contribution is 5.92. The van der Waals surface area contributed by atoms with E-state index in [4.69, 9.17) is 15.0 Å². The van der Waals surface area contributed by atoms with Crippen molar-refractivity contribution in [1.29, 1.82) is 0 Å². The average molecular weight is 274 g/mol. The zero-order chi connectivity index (χ0) is 14.5. The van der Waals surface area contributed by atoms with Gasteiger partial charge in [0.1, 0.15) is 18.1 Å². The van der Waals surface area contributed by atoms with Crippen LogP contribution in [0.15, 0.2) is 34.7 Å². The van der Waals surface area contributed by atoms with Gasteiger partial charge in [-0.3, -0.25) is 10.2 Å². The zero-order valence-electron chi connectivity index (χ0n) is 11.6. The van der Waals surface area contributed by atoms with Gasteiger partial charge < -0.3 is 9.15 Å². The molecule has 2 aromatic rings. The molecule has 0 bridgehead atoms. The number of hydrogen-bond donors (Lipinski definition) is 2. The maximum absolute atomic E-state index is 11.4. The molecule has 0 aliphatic heterocycles. The molecule has 0 aliphatic rings. The predicted molar refractivity (Wildman–Crippen MR) is 75.3 cm³/mol. The van der Waals surface area contributed by atoms with Crippen molar-refractivity contribution < 1.29 is 13.9 Å². The second-order valence-corrected chi connectivity index (χ2v) is 4.49. The van der Waals surface area contributed by atoms with E-state index in [2.05, 4.69) is 12.3 Å². The van der Waals surface area contributed by atoms with Crippen molar-refractivity contribution in [2.45, 2.75) is 26.9 Å². The Labute approximate surface area is 117 Å². The molecule has 1 aromatic carbocycles. The van der Waals surface area contributed by atoms with E-state index in [1.54, 1.807) is 13.0 Å². The Bertz CT molecular complexity index is 605. The number of ether oxygens (including phenoxy) is 1. The van der Waals surface area contributed by atoms with E-state index >= 15 is 0 Å². The number of nitrogens with one attached hydrogen (secondary N) is 1. The van der Waals surface area contributed by atoms with Gasteiger partial charge in [0.25, 0.3) is 0 Å². The molecule has 0 saturated carbocycles. The van der Waals surface area contributed by atoms with E-state index in [1.807, 2.05) is 24.3 Å². The number of nitrogens with two attached hydrogens (primary N) is 1. The molecule has 0 saturated heterocycles. The summed E-state index contributed by atoms with van der Waals surface area (Å²) in [7, 11) is 0. The highest BCUT2D eigenvalue weighted by Crippen LogP contribution is 2.18. The summed E-state index contributed by atoms with van der Waals surface area (Å²) in [4.78, 5) is 11.4. The van der Waals surface area contributed by atoms with E-state index in [0.717, 1.165) is 17.7 Å². The van der Waals surface area contributed by atoms with Crippen molar-refractivity contribution in [2.75, 3.05) is 0 Å². The Morgan fingerprint density at radius 1 is 1.40 bits per heavy atom. The molecule has 1 amide bonds. The molecule has 2 rings (SSSR count). The number of carbonyl (C=O) groups excluding carboxylic acids is 1. The number of rotatable bonds is 5. The summed E-state index contributed by atoms with van der Waals surface area (Å²) < 4.78 is 11.1. The molecule has 3 N–H and O–H groups in total. The lowest BCUT2D eigenvalue weighted by Gasteiger charge is -2.05. The third-order valence-corrected chi connectivity index (χ3v) is 2.99. The van der Waals surface area contributed by atoms with Crippen molar-refractivity contribution in [1.82, 2.24) is 5.43 Å². The van der Waals surface area contributed by atoms with Crippen molar-refractivity contribution in [3.05, 3.63) is 53.0 Å². The van der Waals surface area contributed by atoms with Crippen molar-refractivity contribution in [2.24, 2.45) is 5.84 Å². The molecule has 0 atom stereocenters. The highest BCUT2D eigenvalue weighted by Gasteiger charge is 2.14. The van der Waals surface area contributed by atoms with Crippen LogP contribution in [0.2, 0.25) is 0 Å². The average Bonchev–Trinajstić information content (AvgIpc) is 2.85. The minimum absolute atomic E-state index is 0.216. The number of hydrogen-bond acceptors (Lipinski definition) is 4. The van der Waals surface area contributed by atoms with E-state index in [1.165, 1.54) is 5.56 Å². The maximum Gasteiger partial charge on any atom is 0.301 e. The van der Waals surface area contributed by atoms with Crippen LogP contribution in [0.3, 0.4) is 0 Å². The second-order valence-electron chi connectivity index (χ2n) is 4.49. The first-order valence-corrected chi connectivity index (χ1v) is 6.46. The minimum Gasteiger partial charge on any atom is -0.486 e. The molecule has 1 aromatic heterocycles. The molecular weight excluding hydrogens is 256 g/mol. The fourth-order valence-corrected chi connectivity index (χ4v) is 1.92. The molecule has 0 aliphatic carbocycles. The second kappa shape index (κ2) is 6.25.